The summed E-state index contributed by atoms with van der Waals surface area (Å²) in [7, 11) is 0. The average molecular weight is 202 g/mol. The van der Waals surface area contributed by atoms with Crippen molar-refractivity contribution in [3.05, 3.63) is 0 Å². The van der Waals surface area contributed by atoms with Gasteiger partial charge in [-0.15, -0.1) is 0 Å². The van der Waals surface area contributed by atoms with E-state index in [9.17, 15) is 5.11 Å². The van der Waals surface area contributed by atoms with Crippen LogP contribution in [0, 0.1) is 11.8 Å². The maximum absolute atomic E-state index is 10.2. The van der Waals surface area contributed by atoms with Crippen molar-refractivity contribution >= 4 is 12.6 Å². The molecule has 3 atom stereocenters. The minimum Gasteiger partial charge on any atom is -0.389 e. The Kier molecular flexibility index (Phi) is 3.04. The molecule has 0 saturated heterocycles. The maximum Gasteiger partial charge on any atom is 0.0763 e. The van der Waals surface area contributed by atoms with Crippen molar-refractivity contribution in [1.29, 1.82) is 0 Å². The Bertz CT molecular complexity index is 185. The minimum atomic E-state index is -0.608. The van der Waals surface area contributed by atoms with Crippen LogP contribution in [0.5, 0.6) is 0 Å². The van der Waals surface area contributed by atoms with Crippen LogP contribution in [0.4, 0.5) is 0 Å². The zero-order valence-corrected chi connectivity index (χ0v) is 10.1. The Labute approximate surface area is 87.3 Å². The standard InChI is InChI=1S/C11H22OS/c1-8(2)9-5-6-11(4,13)10(3,12)7-9/h8-9,12-13H,5-7H2,1-4H3/t9-,10+,11+/m1/s1. The molecule has 1 saturated carbocycles. The van der Waals surface area contributed by atoms with Crippen LogP contribution in [0.3, 0.4) is 0 Å². The van der Waals surface area contributed by atoms with Gasteiger partial charge in [0.15, 0.2) is 0 Å². The summed E-state index contributed by atoms with van der Waals surface area (Å²) >= 11 is 4.56. The maximum atomic E-state index is 10.2. The first kappa shape index (κ1) is 11.4. The van der Waals surface area contributed by atoms with Crippen LogP contribution in [0.25, 0.3) is 0 Å². The lowest BCUT2D eigenvalue weighted by atomic mass is 9.69. The van der Waals surface area contributed by atoms with Gasteiger partial charge in [-0.3, -0.25) is 0 Å². The van der Waals surface area contributed by atoms with E-state index < -0.39 is 5.60 Å². The average Bonchev–Trinajstić information content (AvgIpc) is 1.94. The van der Waals surface area contributed by atoms with Crippen LogP contribution < -0.4 is 0 Å². The molecule has 0 amide bonds. The van der Waals surface area contributed by atoms with Gasteiger partial charge in [0, 0.05) is 4.75 Å². The fourth-order valence-electron chi connectivity index (χ4n) is 2.14. The zero-order valence-electron chi connectivity index (χ0n) is 9.17. The van der Waals surface area contributed by atoms with Crippen LogP contribution >= 0.6 is 12.6 Å². The number of hydrogen-bond donors (Lipinski definition) is 2. The molecule has 1 aliphatic rings. The first-order valence-corrected chi connectivity index (χ1v) is 5.66. The fourth-order valence-corrected chi connectivity index (χ4v) is 2.36. The Morgan fingerprint density at radius 3 is 2.31 bits per heavy atom. The summed E-state index contributed by atoms with van der Waals surface area (Å²) in [5.41, 5.74) is -0.608. The van der Waals surface area contributed by atoms with E-state index in [1.165, 1.54) is 6.42 Å². The quantitative estimate of drug-likeness (QED) is 0.627. The van der Waals surface area contributed by atoms with Crippen molar-refractivity contribution in [2.24, 2.45) is 11.8 Å². The Balaban J connectivity index is 2.71. The van der Waals surface area contributed by atoms with Crippen LogP contribution in [-0.2, 0) is 0 Å². The molecule has 0 heterocycles. The van der Waals surface area contributed by atoms with Gasteiger partial charge in [0.2, 0.25) is 0 Å². The van der Waals surface area contributed by atoms with E-state index in [2.05, 4.69) is 26.5 Å². The van der Waals surface area contributed by atoms with Crippen molar-refractivity contribution in [3.63, 3.8) is 0 Å². The van der Waals surface area contributed by atoms with E-state index in [1.54, 1.807) is 0 Å². The molecule has 1 N–H and O–H groups in total. The molecule has 1 fully saturated rings. The molecule has 0 aromatic rings. The summed E-state index contributed by atoms with van der Waals surface area (Å²) < 4.78 is -0.210. The SMILES string of the molecule is CC(C)[C@@H]1CC[C@](C)(S)[C@@](C)(O)C1. The molecule has 1 aliphatic carbocycles. The van der Waals surface area contributed by atoms with Crippen molar-refractivity contribution in [2.45, 2.75) is 57.3 Å². The number of hydrogen-bond acceptors (Lipinski definition) is 2. The Morgan fingerprint density at radius 1 is 1.38 bits per heavy atom. The molecule has 13 heavy (non-hydrogen) atoms. The summed E-state index contributed by atoms with van der Waals surface area (Å²) in [5.74, 6) is 1.34. The smallest absolute Gasteiger partial charge is 0.0763 e. The largest absolute Gasteiger partial charge is 0.389 e. The monoisotopic (exact) mass is 202 g/mol. The van der Waals surface area contributed by atoms with Crippen LogP contribution in [-0.4, -0.2) is 15.5 Å². The number of aliphatic hydroxyl groups is 1. The molecule has 78 valence electrons. The number of rotatable bonds is 1. The Morgan fingerprint density at radius 2 is 1.92 bits per heavy atom. The summed E-state index contributed by atoms with van der Waals surface area (Å²) in [6.45, 7) is 8.45. The molecule has 2 heteroatoms. The first-order valence-electron chi connectivity index (χ1n) is 5.21. The molecule has 0 aliphatic heterocycles. The summed E-state index contributed by atoms with van der Waals surface area (Å²) in [6, 6.07) is 0. The van der Waals surface area contributed by atoms with Crippen molar-refractivity contribution < 1.29 is 5.11 Å². The second-order valence-electron chi connectivity index (χ2n) is 5.29. The van der Waals surface area contributed by atoms with Gasteiger partial charge >= 0.3 is 0 Å². The lowest BCUT2D eigenvalue weighted by Crippen LogP contribution is -2.51. The van der Waals surface area contributed by atoms with E-state index in [0.717, 1.165) is 12.8 Å². The van der Waals surface area contributed by atoms with E-state index in [-0.39, 0.29) is 4.75 Å². The van der Waals surface area contributed by atoms with Crippen molar-refractivity contribution in [2.75, 3.05) is 0 Å². The lowest BCUT2D eigenvalue weighted by Gasteiger charge is -2.47. The predicted octanol–water partition coefficient (Wildman–Crippen LogP) is 2.88. The molecule has 0 radical (unpaired) electrons. The van der Waals surface area contributed by atoms with Gasteiger partial charge in [0.05, 0.1) is 5.60 Å². The topological polar surface area (TPSA) is 20.2 Å². The summed E-state index contributed by atoms with van der Waals surface area (Å²) in [4.78, 5) is 0. The van der Waals surface area contributed by atoms with Crippen molar-refractivity contribution in [1.82, 2.24) is 0 Å². The highest BCUT2D eigenvalue weighted by Crippen LogP contribution is 2.45. The number of thiol groups is 1. The molecule has 1 rings (SSSR count). The molecular weight excluding hydrogens is 180 g/mol. The normalized spacial score (nSPS) is 46.8. The van der Waals surface area contributed by atoms with Gasteiger partial charge in [-0.05, 0) is 44.9 Å². The lowest BCUT2D eigenvalue weighted by molar-refractivity contribution is -0.0335. The van der Waals surface area contributed by atoms with E-state index in [4.69, 9.17) is 0 Å². The highest BCUT2D eigenvalue weighted by atomic mass is 32.1. The van der Waals surface area contributed by atoms with Gasteiger partial charge in [0.25, 0.3) is 0 Å². The van der Waals surface area contributed by atoms with Crippen molar-refractivity contribution in [3.8, 4) is 0 Å². The minimum absolute atomic E-state index is 0.210. The van der Waals surface area contributed by atoms with Crippen LogP contribution in [0.15, 0.2) is 0 Å². The highest BCUT2D eigenvalue weighted by Gasteiger charge is 2.45. The molecular formula is C11H22OS. The molecule has 0 bridgehead atoms. The molecule has 0 aromatic carbocycles. The van der Waals surface area contributed by atoms with Gasteiger partial charge in [-0.1, -0.05) is 13.8 Å². The fraction of sp³-hybridized carbons (Fsp3) is 1.00. The molecule has 1 nitrogen and oxygen atoms in total. The molecule has 0 aromatic heterocycles. The zero-order chi connectivity index (χ0) is 10.3. The third-order valence-corrected chi connectivity index (χ3v) is 4.47. The highest BCUT2D eigenvalue weighted by molar-refractivity contribution is 7.81. The second-order valence-corrected chi connectivity index (χ2v) is 6.28. The summed E-state index contributed by atoms with van der Waals surface area (Å²) in [5, 5.41) is 10.2. The molecule has 0 spiro atoms. The molecule has 0 unspecified atom stereocenters. The van der Waals surface area contributed by atoms with Crippen LogP contribution in [0.2, 0.25) is 0 Å². The third kappa shape index (κ3) is 2.21. The van der Waals surface area contributed by atoms with E-state index in [1.807, 2.05) is 13.8 Å². The van der Waals surface area contributed by atoms with Crippen LogP contribution in [0.1, 0.15) is 47.0 Å². The Hall–Kier alpha value is 0.310. The predicted molar refractivity (Wildman–Crippen MR) is 60.2 cm³/mol. The van der Waals surface area contributed by atoms with Gasteiger partial charge in [0.1, 0.15) is 0 Å². The second kappa shape index (κ2) is 3.47. The van der Waals surface area contributed by atoms with Gasteiger partial charge in [-0.25, -0.2) is 0 Å². The van der Waals surface area contributed by atoms with Gasteiger partial charge in [-0.2, -0.15) is 12.6 Å². The van der Waals surface area contributed by atoms with E-state index in [0.29, 0.717) is 11.8 Å². The first-order chi connectivity index (χ1) is 5.76. The van der Waals surface area contributed by atoms with E-state index >= 15 is 0 Å². The van der Waals surface area contributed by atoms with Gasteiger partial charge < -0.3 is 5.11 Å². The third-order valence-electron chi connectivity index (χ3n) is 3.76. The summed E-state index contributed by atoms with van der Waals surface area (Å²) in [6.07, 6.45) is 3.12.